The molecule has 0 aromatic carbocycles. The molecule has 0 unspecified atom stereocenters. The summed E-state index contributed by atoms with van der Waals surface area (Å²) in [6.07, 6.45) is 2.91. The van der Waals surface area contributed by atoms with Gasteiger partial charge in [-0.05, 0) is 46.3 Å². The molecule has 0 aliphatic carbocycles. The number of hydrogen-bond donors (Lipinski definition) is 2. The smallest absolute Gasteiger partial charge is 0.223 e. The fourth-order valence-corrected chi connectivity index (χ4v) is 2.43. The van der Waals surface area contributed by atoms with E-state index < -0.39 is 0 Å². The Morgan fingerprint density at radius 2 is 2.26 bits per heavy atom. The van der Waals surface area contributed by atoms with Crippen molar-refractivity contribution in [2.24, 2.45) is 5.92 Å². The second kappa shape index (κ2) is 9.28. The summed E-state index contributed by atoms with van der Waals surface area (Å²) in [5.74, 6) is 0.426. The highest BCUT2D eigenvalue weighted by atomic mass is 16.5. The summed E-state index contributed by atoms with van der Waals surface area (Å²) in [6.45, 7) is 6.57. The Morgan fingerprint density at radius 3 is 2.95 bits per heavy atom. The molecule has 19 heavy (non-hydrogen) atoms. The quantitative estimate of drug-likeness (QED) is 0.630. The Hall–Kier alpha value is -0.650. The average molecular weight is 271 g/mol. The lowest BCUT2D eigenvalue weighted by Crippen LogP contribution is -2.42. The molecule has 0 aromatic rings. The van der Waals surface area contributed by atoms with Crippen LogP contribution in [0, 0.1) is 5.92 Å². The highest BCUT2D eigenvalue weighted by Crippen LogP contribution is 2.15. The number of likely N-dealkylation sites (N-methyl/N-ethyl adjacent to an activating group) is 1. The van der Waals surface area contributed by atoms with E-state index in [0.29, 0.717) is 6.04 Å². The molecule has 0 saturated carbocycles. The van der Waals surface area contributed by atoms with Crippen LogP contribution >= 0.6 is 0 Å². The van der Waals surface area contributed by atoms with Gasteiger partial charge >= 0.3 is 0 Å². The van der Waals surface area contributed by atoms with Crippen LogP contribution in [0.1, 0.15) is 26.2 Å². The monoisotopic (exact) mass is 271 g/mol. The Balaban J connectivity index is 2.06. The predicted octanol–water partition coefficient (Wildman–Crippen LogP) is 0.459. The normalized spacial score (nSPS) is 23.6. The van der Waals surface area contributed by atoms with Crippen molar-refractivity contribution in [3.8, 4) is 0 Å². The van der Waals surface area contributed by atoms with E-state index in [0.717, 1.165) is 52.0 Å². The third kappa shape index (κ3) is 6.89. The number of hydrogen-bond acceptors (Lipinski definition) is 4. The number of amides is 1. The van der Waals surface area contributed by atoms with Gasteiger partial charge in [-0.1, -0.05) is 0 Å². The average Bonchev–Trinajstić information content (AvgIpc) is 2.41. The van der Waals surface area contributed by atoms with Crippen LogP contribution in [-0.2, 0) is 9.53 Å². The van der Waals surface area contributed by atoms with Gasteiger partial charge in [-0.3, -0.25) is 4.79 Å². The maximum absolute atomic E-state index is 12.0. The number of piperidine rings is 1. The number of methoxy groups -OCH3 is 1. The van der Waals surface area contributed by atoms with Crippen LogP contribution in [0.3, 0.4) is 0 Å². The molecule has 1 saturated heterocycles. The highest BCUT2D eigenvalue weighted by Gasteiger charge is 2.24. The summed E-state index contributed by atoms with van der Waals surface area (Å²) in [5.41, 5.74) is 0. The van der Waals surface area contributed by atoms with E-state index in [1.807, 2.05) is 0 Å². The summed E-state index contributed by atoms with van der Waals surface area (Å²) < 4.78 is 5.03. The molecule has 2 N–H and O–H groups in total. The minimum absolute atomic E-state index is 0.197. The molecule has 5 nitrogen and oxygen atoms in total. The molecule has 1 heterocycles. The second-order valence-electron chi connectivity index (χ2n) is 5.52. The molecule has 1 amide bonds. The summed E-state index contributed by atoms with van der Waals surface area (Å²) >= 11 is 0. The van der Waals surface area contributed by atoms with E-state index in [9.17, 15) is 4.79 Å². The summed E-state index contributed by atoms with van der Waals surface area (Å²) in [5, 5.41) is 6.43. The van der Waals surface area contributed by atoms with Gasteiger partial charge in [0, 0.05) is 32.2 Å². The Bertz CT molecular complexity index is 261. The van der Waals surface area contributed by atoms with Crippen LogP contribution in [0.2, 0.25) is 0 Å². The minimum Gasteiger partial charge on any atom is -0.383 e. The molecule has 0 aromatic heterocycles. The van der Waals surface area contributed by atoms with E-state index in [1.54, 1.807) is 7.11 Å². The molecule has 0 spiro atoms. The lowest BCUT2D eigenvalue weighted by Gasteiger charge is -2.27. The van der Waals surface area contributed by atoms with Gasteiger partial charge in [-0.15, -0.1) is 0 Å². The SMILES string of the molecule is COCCN(C)CCCNC(=O)[C@H]1CCN[C@@H](C)C1. The molecular formula is C14H29N3O2. The maximum Gasteiger partial charge on any atom is 0.223 e. The van der Waals surface area contributed by atoms with Crippen LogP contribution < -0.4 is 10.6 Å². The van der Waals surface area contributed by atoms with Crippen molar-refractivity contribution >= 4 is 5.91 Å². The summed E-state index contributed by atoms with van der Waals surface area (Å²) in [6, 6.07) is 0.463. The van der Waals surface area contributed by atoms with Gasteiger partial charge in [0.1, 0.15) is 0 Å². The third-order valence-electron chi connectivity index (χ3n) is 3.69. The topological polar surface area (TPSA) is 53.6 Å². The van der Waals surface area contributed by atoms with Crippen LogP contribution in [0.25, 0.3) is 0 Å². The van der Waals surface area contributed by atoms with Gasteiger partial charge in [0.05, 0.1) is 6.61 Å². The highest BCUT2D eigenvalue weighted by molar-refractivity contribution is 5.78. The number of nitrogens with zero attached hydrogens (tertiary/aromatic N) is 1. The lowest BCUT2D eigenvalue weighted by molar-refractivity contribution is -0.126. The first-order valence-electron chi connectivity index (χ1n) is 7.32. The molecule has 1 aliphatic rings. The van der Waals surface area contributed by atoms with Crippen molar-refractivity contribution in [2.75, 3.05) is 46.9 Å². The molecule has 0 radical (unpaired) electrons. The van der Waals surface area contributed by atoms with Crippen molar-refractivity contribution < 1.29 is 9.53 Å². The van der Waals surface area contributed by atoms with E-state index in [1.165, 1.54) is 0 Å². The Kier molecular flexibility index (Phi) is 8.02. The number of rotatable bonds is 8. The number of nitrogens with one attached hydrogen (secondary N) is 2. The van der Waals surface area contributed by atoms with Crippen molar-refractivity contribution in [2.45, 2.75) is 32.2 Å². The van der Waals surface area contributed by atoms with Crippen LogP contribution in [0.4, 0.5) is 0 Å². The molecule has 1 rings (SSSR count). The van der Waals surface area contributed by atoms with E-state index in [-0.39, 0.29) is 11.8 Å². The van der Waals surface area contributed by atoms with Gasteiger partial charge in [0.2, 0.25) is 5.91 Å². The lowest BCUT2D eigenvalue weighted by atomic mass is 9.92. The summed E-state index contributed by atoms with van der Waals surface area (Å²) in [4.78, 5) is 14.2. The number of carbonyl (C=O) groups is 1. The molecular weight excluding hydrogens is 242 g/mol. The fourth-order valence-electron chi connectivity index (χ4n) is 2.43. The minimum atomic E-state index is 0.197. The molecule has 1 fully saturated rings. The largest absolute Gasteiger partial charge is 0.383 e. The van der Waals surface area contributed by atoms with Crippen LogP contribution in [-0.4, -0.2) is 63.8 Å². The van der Waals surface area contributed by atoms with Gasteiger partial charge in [0.15, 0.2) is 0 Å². The van der Waals surface area contributed by atoms with Crippen molar-refractivity contribution in [3.05, 3.63) is 0 Å². The van der Waals surface area contributed by atoms with Crippen LogP contribution in [0.5, 0.6) is 0 Å². The first kappa shape index (κ1) is 16.4. The van der Waals surface area contributed by atoms with Crippen molar-refractivity contribution in [3.63, 3.8) is 0 Å². The van der Waals surface area contributed by atoms with E-state index >= 15 is 0 Å². The fraction of sp³-hybridized carbons (Fsp3) is 0.929. The van der Waals surface area contributed by atoms with Crippen molar-refractivity contribution in [1.82, 2.24) is 15.5 Å². The maximum atomic E-state index is 12.0. The molecule has 0 bridgehead atoms. The van der Waals surface area contributed by atoms with Gasteiger partial charge in [-0.2, -0.15) is 0 Å². The Labute approximate surface area is 117 Å². The van der Waals surface area contributed by atoms with Gasteiger partial charge in [-0.25, -0.2) is 0 Å². The first-order valence-corrected chi connectivity index (χ1v) is 7.32. The van der Waals surface area contributed by atoms with E-state index in [4.69, 9.17) is 4.74 Å². The zero-order valence-corrected chi connectivity index (χ0v) is 12.6. The third-order valence-corrected chi connectivity index (χ3v) is 3.69. The predicted molar refractivity (Wildman–Crippen MR) is 77.2 cm³/mol. The van der Waals surface area contributed by atoms with E-state index in [2.05, 4.69) is 29.5 Å². The van der Waals surface area contributed by atoms with Gasteiger partial charge in [0.25, 0.3) is 0 Å². The molecule has 1 aliphatic heterocycles. The second-order valence-corrected chi connectivity index (χ2v) is 5.52. The zero-order chi connectivity index (χ0) is 14.1. The first-order chi connectivity index (χ1) is 9.13. The standard InChI is InChI=1S/C14H29N3O2/c1-12-11-13(5-7-15-12)14(18)16-6-4-8-17(2)9-10-19-3/h12-13,15H,4-11H2,1-3H3,(H,16,18)/t12-,13-/m0/s1. The zero-order valence-electron chi connectivity index (χ0n) is 12.6. The number of ether oxygens (including phenoxy) is 1. The molecule has 5 heteroatoms. The summed E-state index contributed by atoms with van der Waals surface area (Å²) in [7, 11) is 3.80. The van der Waals surface area contributed by atoms with Crippen LogP contribution in [0.15, 0.2) is 0 Å². The van der Waals surface area contributed by atoms with Crippen molar-refractivity contribution in [1.29, 1.82) is 0 Å². The molecule has 112 valence electrons. The molecule has 2 atom stereocenters. The van der Waals surface area contributed by atoms with Gasteiger partial charge < -0.3 is 20.3 Å². The Morgan fingerprint density at radius 1 is 1.47 bits per heavy atom. The number of carbonyl (C=O) groups excluding carboxylic acids is 1.